The third-order valence-electron chi connectivity index (χ3n) is 3.43. The fourth-order valence-electron chi connectivity index (χ4n) is 2.22. The van der Waals surface area contributed by atoms with Crippen LogP contribution >= 0.6 is 0 Å². The highest BCUT2D eigenvalue weighted by atomic mass is 16.5. The first-order chi connectivity index (χ1) is 8.99. The molecule has 0 amide bonds. The van der Waals surface area contributed by atoms with Crippen LogP contribution in [0.3, 0.4) is 0 Å². The number of hydrazine groups is 1. The van der Waals surface area contributed by atoms with E-state index in [9.17, 15) is 0 Å². The van der Waals surface area contributed by atoms with Crippen molar-refractivity contribution in [2.45, 2.75) is 32.7 Å². The zero-order valence-corrected chi connectivity index (χ0v) is 12.8. The lowest BCUT2D eigenvalue weighted by Crippen LogP contribution is -2.57. The van der Waals surface area contributed by atoms with Crippen molar-refractivity contribution in [1.82, 2.24) is 15.2 Å². The summed E-state index contributed by atoms with van der Waals surface area (Å²) < 4.78 is 5.01. The number of nitrogens with zero attached hydrogens (tertiary/aromatic N) is 3. The average Bonchev–Trinajstić information content (AvgIpc) is 2.38. The van der Waals surface area contributed by atoms with Crippen molar-refractivity contribution >= 4 is 5.96 Å². The van der Waals surface area contributed by atoms with Gasteiger partial charge in [0.15, 0.2) is 0 Å². The molecule has 0 bridgehead atoms. The van der Waals surface area contributed by atoms with Gasteiger partial charge in [0.05, 0.1) is 0 Å². The molecule has 0 aromatic rings. The maximum Gasteiger partial charge on any atom is 0.208 e. The van der Waals surface area contributed by atoms with E-state index < -0.39 is 0 Å². The van der Waals surface area contributed by atoms with Crippen molar-refractivity contribution in [3.8, 4) is 0 Å². The van der Waals surface area contributed by atoms with Crippen LogP contribution in [-0.2, 0) is 4.74 Å². The molecule has 0 unspecified atom stereocenters. The van der Waals surface area contributed by atoms with Gasteiger partial charge in [0.25, 0.3) is 0 Å². The Bertz CT molecular complexity index is 279. The fraction of sp³-hybridized carbons (Fsp3) is 0.923. The second-order valence-electron chi connectivity index (χ2n) is 5.84. The van der Waals surface area contributed by atoms with E-state index >= 15 is 0 Å². The summed E-state index contributed by atoms with van der Waals surface area (Å²) >= 11 is 0. The topological polar surface area (TPSA) is 66.1 Å². The highest BCUT2D eigenvalue weighted by molar-refractivity contribution is 5.79. The molecule has 1 fully saturated rings. The Morgan fingerprint density at radius 3 is 2.37 bits per heavy atom. The van der Waals surface area contributed by atoms with Crippen molar-refractivity contribution in [3.63, 3.8) is 0 Å². The maximum absolute atomic E-state index is 5.57. The molecule has 0 atom stereocenters. The molecule has 6 heteroatoms. The van der Waals surface area contributed by atoms with E-state index in [1.54, 1.807) is 7.11 Å². The maximum atomic E-state index is 5.57. The molecular formula is C13H29N5O. The Labute approximate surface area is 117 Å². The van der Waals surface area contributed by atoms with Crippen LogP contribution in [0.5, 0.6) is 0 Å². The van der Waals surface area contributed by atoms with Gasteiger partial charge in [-0.25, -0.2) is 5.84 Å². The number of rotatable bonds is 4. The number of nitrogens with two attached hydrogens (primary N) is 1. The average molecular weight is 271 g/mol. The Morgan fingerprint density at radius 1 is 1.26 bits per heavy atom. The molecule has 0 spiro atoms. The summed E-state index contributed by atoms with van der Waals surface area (Å²) in [5.41, 5.74) is 2.95. The van der Waals surface area contributed by atoms with E-state index in [1.807, 2.05) is 0 Å². The normalized spacial score (nSPS) is 18.8. The number of piperazine rings is 1. The standard InChI is InChI=1S/C13H29N5O/c1-13(2,3)18-9-7-17(8-10-18)12(16-14)15-6-5-11-19-4/h5-11,14H2,1-4H3,(H,15,16). The molecule has 0 radical (unpaired) electrons. The molecule has 0 aliphatic carbocycles. The SMILES string of the molecule is COCCCN=C(NN)N1CCN(C(C)(C)C)CC1. The Morgan fingerprint density at radius 2 is 1.89 bits per heavy atom. The number of hydrogen-bond donors (Lipinski definition) is 2. The Hall–Kier alpha value is -0.850. The van der Waals surface area contributed by atoms with Crippen LogP contribution in [0.25, 0.3) is 0 Å². The smallest absolute Gasteiger partial charge is 0.208 e. The van der Waals surface area contributed by atoms with Crippen LogP contribution in [0.1, 0.15) is 27.2 Å². The predicted octanol–water partition coefficient (Wildman–Crippen LogP) is 0.258. The van der Waals surface area contributed by atoms with Gasteiger partial charge in [0.2, 0.25) is 5.96 Å². The van der Waals surface area contributed by atoms with Gasteiger partial charge in [0, 0.05) is 52.0 Å². The minimum atomic E-state index is 0.234. The van der Waals surface area contributed by atoms with Gasteiger partial charge in [0.1, 0.15) is 0 Å². The molecule has 1 aliphatic rings. The number of aliphatic imine (C=N–C) groups is 1. The molecule has 0 saturated carbocycles. The van der Waals surface area contributed by atoms with Crippen LogP contribution in [0, 0.1) is 0 Å². The first kappa shape index (κ1) is 16.2. The van der Waals surface area contributed by atoms with Crippen molar-refractivity contribution in [3.05, 3.63) is 0 Å². The van der Waals surface area contributed by atoms with Crippen molar-refractivity contribution < 1.29 is 4.74 Å². The summed E-state index contributed by atoms with van der Waals surface area (Å²) in [7, 11) is 1.71. The fourth-order valence-corrected chi connectivity index (χ4v) is 2.22. The van der Waals surface area contributed by atoms with E-state index in [4.69, 9.17) is 10.6 Å². The lowest BCUT2D eigenvalue weighted by Gasteiger charge is -2.42. The van der Waals surface area contributed by atoms with Gasteiger partial charge < -0.3 is 9.64 Å². The molecule has 0 aromatic heterocycles. The van der Waals surface area contributed by atoms with Crippen molar-refractivity contribution in [2.24, 2.45) is 10.8 Å². The lowest BCUT2D eigenvalue weighted by molar-refractivity contribution is 0.0869. The summed E-state index contributed by atoms with van der Waals surface area (Å²) in [5, 5.41) is 0. The zero-order chi connectivity index (χ0) is 14.3. The molecule has 1 saturated heterocycles. The number of nitrogens with one attached hydrogen (secondary N) is 1. The number of hydrogen-bond acceptors (Lipinski definition) is 4. The third-order valence-corrected chi connectivity index (χ3v) is 3.43. The van der Waals surface area contributed by atoms with Crippen LogP contribution < -0.4 is 11.3 Å². The molecule has 112 valence electrons. The molecule has 1 heterocycles. The van der Waals surface area contributed by atoms with Gasteiger partial charge in [-0.3, -0.25) is 15.3 Å². The van der Waals surface area contributed by atoms with Crippen molar-refractivity contribution in [2.75, 3.05) is 46.4 Å². The third kappa shape index (κ3) is 5.34. The Kier molecular flexibility index (Phi) is 6.54. The summed E-state index contributed by atoms with van der Waals surface area (Å²) in [6.45, 7) is 12.3. The first-order valence-electron chi connectivity index (χ1n) is 6.99. The molecule has 6 nitrogen and oxygen atoms in total. The predicted molar refractivity (Wildman–Crippen MR) is 79.0 cm³/mol. The highest BCUT2D eigenvalue weighted by Gasteiger charge is 2.26. The minimum Gasteiger partial charge on any atom is -0.385 e. The van der Waals surface area contributed by atoms with Crippen LogP contribution in [0.2, 0.25) is 0 Å². The largest absolute Gasteiger partial charge is 0.385 e. The van der Waals surface area contributed by atoms with Gasteiger partial charge >= 0.3 is 0 Å². The second kappa shape index (κ2) is 7.67. The van der Waals surface area contributed by atoms with Gasteiger partial charge in [-0.05, 0) is 27.2 Å². The first-order valence-corrected chi connectivity index (χ1v) is 6.99. The highest BCUT2D eigenvalue weighted by Crippen LogP contribution is 2.15. The molecule has 3 N–H and O–H groups in total. The van der Waals surface area contributed by atoms with E-state index in [1.165, 1.54) is 0 Å². The van der Waals surface area contributed by atoms with Gasteiger partial charge in [-0.1, -0.05) is 0 Å². The monoisotopic (exact) mass is 271 g/mol. The zero-order valence-electron chi connectivity index (χ0n) is 12.8. The van der Waals surface area contributed by atoms with Crippen molar-refractivity contribution in [1.29, 1.82) is 0 Å². The molecule has 1 aliphatic heterocycles. The lowest BCUT2D eigenvalue weighted by atomic mass is 10.1. The van der Waals surface area contributed by atoms with Crippen LogP contribution in [0.4, 0.5) is 0 Å². The molecular weight excluding hydrogens is 242 g/mol. The molecule has 0 aromatic carbocycles. The summed E-state index contributed by atoms with van der Waals surface area (Å²) in [5.74, 6) is 6.37. The van der Waals surface area contributed by atoms with E-state index in [0.717, 1.165) is 51.7 Å². The van der Waals surface area contributed by atoms with Gasteiger partial charge in [-0.2, -0.15) is 0 Å². The summed E-state index contributed by atoms with van der Waals surface area (Å²) in [6.07, 6.45) is 0.920. The quantitative estimate of drug-likeness (QED) is 0.252. The summed E-state index contributed by atoms with van der Waals surface area (Å²) in [4.78, 5) is 9.20. The number of ether oxygens (including phenoxy) is 1. The molecule has 19 heavy (non-hydrogen) atoms. The van der Waals surface area contributed by atoms with Crippen LogP contribution in [-0.4, -0.2) is 67.7 Å². The van der Waals surface area contributed by atoms with E-state index in [-0.39, 0.29) is 5.54 Å². The Balaban J connectivity index is 2.43. The number of methoxy groups -OCH3 is 1. The van der Waals surface area contributed by atoms with E-state index in [2.05, 4.69) is 41.0 Å². The summed E-state index contributed by atoms with van der Waals surface area (Å²) in [6, 6.07) is 0. The van der Waals surface area contributed by atoms with E-state index in [0.29, 0.717) is 0 Å². The number of guanidine groups is 1. The second-order valence-corrected chi connectivity index (χ2v) is 5.84. The van der Waals surface area contributed by atoms with Gasteiger partial charge in [-0.15, -0.1) is 0 Å². The minimum absolute atomic E-state index is 0.234. The van der Waals surface area contributed by atoms with Crippen LogP contribution in [0.15, 0.2) is 4.99 Å². The molecule has 1 rings (SSSR count).